The quantitative estimate of drug-likeness (QED) is 0.154. The van der Waals surface area contributed by atoms with Crippen LogP contribution in [0.25, 0.3) is 65.6 Å². The molecule has 0 atom stereocenters. The van der Waals surface area contributed by atoms with Crippen LogP contribution in [0, 0.1) is 6.92 Å². The third-order valence-corrected chi connectivity index (χ3v) is 15.2. The number of aromatic nitrogens is 1. The fraction of sp³-hybridized carbons (Fsp3) is 0.298. The zero-order valence-corrected chi connectivity index (χ0v) is 37.7. The van der Waals surface area contributed by atoms with Crippen LogP contribution in [0.3, 0.4) is 0 Å². The first kappa shape index (κ1) is 37.1. The highest BCUT2D eigenvalue weighted by Crippen LogP contribution is 2.54. The Morgan fingerprint density at radius 3 is 2.00 bits per heavy atom. The van der Waals surface area contributed by atoms with Crippen LogP contribution in [0.1, 0.15) is 110 Å². The Hall–Kier alpha value is -5.74. The van der Waals surface area contributed by atoms with Crippen molar-refractivity contribution in [3.05, 3.63) is 137 Å². The summed E-state index contributed by atoms with van der Waals surface area (Å²) in [5, 5.41) is 7.50. The van der Waals surface area contributed by atoms with E-state index >= 15 is 0 Å². The smallest absolute Gasteiger partial charge is 0.333 e. The van der Waals surface area contributed by atoms with Crippen LogP contribution in [-0.2, 0) is 21.7 Å². The fourth-order valence-electron chi connectivity index (χ4n) is 11.6. The molecule has 4 heterocycles. The van der Waals surface area contributed by atoms with Crippen LogP contribution in [0.5, 0.6) is 0 Å². The molecule has 0 N–H and O–H groups in total. The summed E-state index contributed by atoms with van der Waals surface area (Å²) in [6.07, 6.45) is 2.34. The molecule has 302 valence electrons. The predicted molar refractivity (Wildman–Crippen MR) is 262 cm³/mol. The molecule has 0 radical (unpaired) electrons. The van der Waals surface area contributed by atoms with E-state index in [0.29, 0.717) is 0 Å². The van der Waals surface area contributed by atoms with E-state index in [1.165, 1.54) is 100 Å². The van der Waals surface area contributed by atoms with E-state index in [1.54, 1.807) is 0 Å². The lowest BCUT2D eigenvalue weighted by Gasteiger charge is -2.45. The summed E-state index contributed by atoms with van der Waals surface area (Å²) in [6.45, 7) is 26.1. The Kier molecular flexibility index (Phi) is 7.16. The number of fused-ring (bicyclic) bond motifs is 14. The number of para-hydroxylation sites is 1. The molecule has 2 aromatic heterocycles. The van der Waals surface area contributed by atoms with Gasteiger partial charge in [-0.3, -0.25) is 0 Å². The van der Waals surface area contributed by atoms with Gasteiger partial charge in [0, 0.05) is 49.2 Å². The lowest BCUT2D eigenvalue weighted by Crippen LogP contribution is -2.56. The summed E-state index contributed by atoms with van der Waals surface area (Å²) in [4.78, 5) is 2.66. The third-order valence-electron chi connectivity index (χ3n) is 15.2. The molecule has 0 bridgehead atoms. The second-order valence-corrected chi connectivity index (χ2v) is 22.1. The number of hydrogen-bond acceptors (Lipinski definition) is 2. The minimum Gasteiger partial charge on any atom is -0.454 e. The fourth-order valence-corrected chi connectivity index (χ4v) is 11.6. The van der Waals surface area contributed by atoms with Gasteiger partial charge in [-0.2, -0.15) is 0 Å². The number of benzene rings is 7. The van der Waals surface area contributed by atoms with Gasteiger partial charge < -0.3 is 13.8 Å². The van der Waals surface area contributed by atoms with Crippen LogP contribution >= 0.6 is 0 Å². The second-order valence-electron chi connectivity index (χ2n) is 22.1. The highest BCUT2D eigenvalue weighted by atomic mass is 16.3. The van der Waals surface area contributed by atoms with Crippen LogP contribution in [0.4, 0.5) is 17.1 Å². The zero-order valence-electron chi connectivity index (χ0n) is 37.7. The van der Waals surface area contributed by atoms with Gasteiger partial charge in [0.05, 0.1) is 11.4 Å². The van der Waals surface area contributed by atoms with Gasteiger partial charge in [-0.15, -0.1) is 0 Å². The van der Waals surface area contributed by atoms with Gasteiger partial charge in [-0.25, -0.2) is 0 Å². The highest BCUT2D eigenvalue weighted by molar-refractivity contribution is 6.90. The Balaban J connectivity index is 1.30. The molecule has 3 aliphatic rings. The Morgan fingerprint density at radius 1 is 0.590 bits per heavy atom. The molecule has 0 fully saturated rings. The number of anilines is 3. The van der Waals surface area contributed by atoms with E-state index in [1.807, 2.05) is 0 Å². The van der Waals surface area contributed by atoms with Gasteiger partial charge in [-0.1, -0.05) is 136 Å². The minimum atomic E-state index is -0.0831. The topological polar surface area (TPSA) is 21.3 Å². The Bertz CT molecular complexity index is 3410. The zero-order chi connectivity index (χ0) is 42.3. The van der Waals surface area contributed by atoms with Crippen molar-refractivity contribution in [1.82, 2.24) is 4.48 Å². The predicted octanol–water partition coefficient (Wildman–Crippen LogP) is 14.5. The Labute approximate surface area is 360 Å². The third kappa shape index (κ3) is 4.94. The minimum absolute atomic E-state index is 0.0163. The molecule has 0 unspecified atom stereocenters. The van der Waals surface area contributed by atoms with Crippen molar-refractivity contribution in [2.24, 2.45) is 0 Å². The molecule has 0 spiro atoms. The van der Waals surface area contributed by atoms with E-state index < -0.39 is 0 Å². The molecule has 1 aliphatic carbocycles. The van der Waals surface area contributed by atoms with Gasteiger partial charge in [0.25, 0.3) is 0 Å². The van der Waals surface area contributed by atoms with Gasteiger partial charge in [0.1, 0.15) is 5.58 Å². The van der Waals surface area contributed by atoms with E-state index in [4.69, 9.17) is 4.42 Å². The molecule has 12 rings (SSSR count). The average molecular weight is 795 g/mol. The molecule has 4 heteroatoms. The molecule has 3 nitrogen and oxygen atoms in total. The van der Waals surface area contributed by atoms with Crippen LogP contribution in [-0.4, -0.2) is 11.3 Å². The first-order valence-electron chi connectivity index (χ1n) is 22.5. The van der Waals surface area contributed by atoms with E-state index in [0.717, 1.165) is 34.0 Å². The molecule has 9 aromatic rings. The summed E-state index contributed by atoms with van der Waals surface area (Å²) < 4.78 is 9.88. The second kappa shape index (κ2) is 11.8. The maximum Gasteiger partial charge on any atom is 0.333 e. The summed E-state index contributed by atoms with van der Waals surface area (Å²) >= 11 is 0. The molecule has 0 saturated carbocycles. The van der Waals surface area contributed by atoms with Crippen molar-refractivity contribution in [2.75, 3.05) is 4.90 Å². The normalized spacial score (nSPS) is 16.5. The van der Waals surface area contributed by atoms with Crippen LogP contribution in [0.2, 0.25) is 0 Å². The monoisotopic (exact) mass is 794 g/mol. The number of rotatable bonds is 1. The van der Waals surface area contributed by atoms with Crippen LogP contribution < -0.4 is 15.8 Å². The number of hydrogen-bond donors (Lipinski definition) is 0. The van der Waals surface area contributed by atoms with Crippen molar-refractivity contribution in [1.29, 1.82) is 0 Å². The van der Waals surface area contributed by atoms with Gasteiger partial charge in [0.2, 0.25) is 0 Å². The summed E-state index contributed by atoms with van der Waals surface area (Å²) in [5.41, 5.74) is 20.5. The van der Waals surface area contributed by atoms with Crippen molar-refractivity contribution in [3.8, 4) is 11.1 Å². The molecule has 7 aromatic carbocycles. The number of nitrogens with zero attached hydrogens (tertiary/aromatic N) is 2. The van der Waals surface area contributed by atoms with E-state index in [2.05, 4.69) is 195 Å². The van der Waals surface area contributed by atoms with Gasteiger partial charge in [-0.05, 0) is 134 Å². The molecule has 2 aliphatic heterocycles. The summed E-state index contributed by atoms with van der Waals surface area (Å²) in [7, 11) is 0. The van der Waals surface area contributed by atoms with Crippen molar-refractivity contribution >= 4 is 89.4 Å². The number of furan rings is 1. The largest absolute Gasteiger partial charge is 0.454 e. The average Bonchev–Trinajstić information content (AvgIpc) is 3.76. The van der Waals surface area contributed by atoms with Gasteiger partial charge >= 0.3 is 6.85 Å². The molecular weight excluding hydrogens is 739 g/mol. The van der Waals surface area contributed by atoms with Crippen molar-refractivity contribution < 1.29 is 4.42 Å². The molecular formula is C57H55BN2O. The van der Waals surface area contributed by atoms with Gasteiger partial charge in [0.15, 0.2) is 5.58 Å². The SMILES string of the molecule is Cc1cc2c(cc1N1c3c4c(cc5ccccc35)-c3cc(C(C)(C)C)cc5c6cc(C(C)(C)C)ccc6n(c35)B4c3ccc4c(oc5ccccc54)c31)C(C)(C)CCC2(C)C. The molecule has 0 saturated heterocycles. The first-order valence-corrected chi connectivity index (χ1v) is 22.5. The molecule has 0 amide bonds. The van der Waals surface area contributed by atoms with Crippen LogP contribution in [0.15, 0.2) is 114 Å². The Morgan fingerprint density at radius 2 is 1.26 bits per heavy atom. The summed E-state index contributed by atoms with van der Waals surface area (Å²) in [5.74, 6) is 0. The maximum absolute atomic E-state index is 7.16. The lowest BCUT2D eigenvalue weighted by molar-refractivity contribution is 0.332. The molecule has 61 heavy (non-hydrogen) atoms. The standard InChI is InChI=1S/C57H55BN2O/c1-32-26-43-44(57(10,11)25-24-56(43,8)9)31-47(32)59-51-36-17-13-12-16-33(36)27-40-42-30-35(55(5,6)7)29-41-39-28-34(54(2,3)4)20-23-46(39)60(50(41)42)58(49(40)51)45-22-21-38-37-18-14-15-19-48(37)61-53(38)52(45)59/h12-23,26-31H,24-25H2,1-11H3. The summed E-state index contributed by atoms with van der Waals surface area (Å²) in [6, 6.07) is 42.5. The van der Waals surface area contributed by atoms with E-state index in [9.17, 15) is 0 Å². The first-order chi connectivity index (χ1) is 28.9. The van der Waals surface area contributed by atoms with Crippen molar-refractivity contribution in [2.45, 2.75) is 111 Å². The lowest BCUT2D eigenvalue weighted by atomic mass is 9.44. The van der Waals surface area contributed by atoms with E-state index in [-0.39, 0.29) is 28.5 Å². The van der Waals surface area contributed by atoms with Crippen molar-refractivity contribution in [3.63, 3.8) is 0 Å². The number of aryl methyl sites for hydroxylation is 1. The maximum atomic E-state index is 7.16. The highest BCUT2D eigenvalue weighted by Gasteiger charge is 2.46.